The highest BCUT2D eigenvalue weighted by Crippen LogP contribution is 2.26. The molecule has 0 atom stereocenters. The molecular weight excluding hydrogens is 224 g/mol. The maximum absolute atomic E-state index is 9.11. The van der Waals surface area contributed by atoms with E-state index < -0.39 is 0 Å². The number of nitrogens with zero attached hydrogens (tertiary/aromatic N) is 4. The Hall–Kier alpha value is -1.60. The maximum atomic E-state index is 9.11. The number of aromatic nitrogens is 1. The monoisotopic (exact) mass is 242 g/mol. The fourth-order valence-electron chi connectivity index (χ4n) is 2.79. The average molecular weight is 242 g/mol. The second-order valence-electron chi connectivity index (χ2n) is 5.09. The number of pyridine rings is 1. The minimum atomic E-state index is 0.689. The van der Waals surface area contributed by atoms with Crippen LogP contribution < -0.4 is 4.90 Å². The molecule has 0 radical (unpaired) electrons. The van der Waals surface area contributed by atoms with E-state index in [1.54, 1.807) is 6.20 Å². The zero-order valence-corrected chi connectivity index (χ0v) is 10.5. The molecule has 2 heterocycles. The van der Waals surface area contributed by atoms with Crippen molar-refractivity contribution in [1.82, 2.24) is 9.88 Å². The number of anilines is 1. The van der Waals surface area contributed by atoms with Crippen LogP contribution in [0.1, 0.15) is 24.8 Å². The Kier molecular flexibility index (Phi) is 3.16. The summed E-state index contributed by atoms with van der Waals surface area (Å²) in [6, 6.07) is 6.73. The van der Waals surface area contributed by atoms with Crippen LogP contribution in [0.4, 0.5) is 5.82 Å². The maximum Gasteiger partial charge on any atom is 0.146 e. The molecule has 3 rings (SSSR count). The van der Waals surface area contributed by atoms with Crippen LogP contribution in [-0.4, -0.2) is 42.1 Å². The minimum Gasteiger partial charge on any atom is -0.353 e. The van der Waals surface area contributed by atoms with Gasteiger partial charge in [0, 0.05) is 38.4 Å². The van der Waals surface area contributed by atoms with E-state index in [9.17, 15) is 0 Å². The van der Waals surface area contributed by atoms with Crippen molar-refractivity contribution in [1.29, 1.82) is 5.26 Å². The molecule has 1 saturated heterocycles. The lowest BCUT2D eigenvalue weighted by molar-refractivity contribution is 0.120. The van der Waals surface area contributed by atoms with Crippen molar-refractivity contribution in [3.63, 3.8) is 0 Å². The van der Waals surface area contributed by atoms with Gasteiger partial charge in [0.05, 0.1) is 5.56 Å². The molecule has 94 valence electrons. The molecule has 0 N–H and O–H groups in total. The standard InChI is InChI=1S/C14H18N4/c15-11-12-3-2-6-16-14(12)18-9-7-17(8-10-18)13-4-1-5-13/h2-3,6,13H,1,4-5,7-10H2. The summed E-state index contributed by atoms with van der Waals surface area (Å²) < 4.78 is 0. The summed E-state index contributed by atoms with van der Waals surface area (Å²) in [6.07, 6.45) is 5.90. The molecule has 1 saturated carbocycles. The number of hydrogen-bond donors (Lipinski definition) is 0. The zero-order valence-electron chi connectivity index (χ0n) is 10.5. The Balaban J connectivity index is 1.67. The highest BCUT2D eigenvalue weighted by atomic mass is 15.3. The first-order valence-corrected chi connectivity index (χ1v) is 6.72. The van der Waals surface area contributed by atoms with E-state index in [0.717, 1.165) is 38.0 Å². The first kappa shape index (κ1) is 11.5. The molecule has 0 bridgehead atoms. The van der Waals surface area contributed by atoms with Gasteiger partial charge in [-0.2, -0.15) is 5.26 Å². The highest BCUT2D eigenvalue weighted by Gasteiger charge is 2.28. The van der Waals surface area contributed by atoms with Crippen LogP contribution >= 0.6 is 0 Å². The van der Waals surface area contributed by atoms with Gasteiger partial charge in [-0.05, 0) is 25.0 Å². The van der Waals surface area contributed by atoms with Crippen molar-refractivity contribution >= 4 is 5.82 Å². The number of nitriles is 1. The van der Waals surface area contributed by atoms with Crippen LogP contribution in [0.25, 0.3) is 0 Å². The van der Waals surface area contributed by atoms with Gasteiger partial charge in [0.2, 0.25) is 0 Å². The lowest BCUT2D eigenvalue weighted by atomic mass is 9.91. The summed E-state index contributed by atoms with van der Waals surface area (Å²) in [7, 11) is 0. The molecule has 1 aromatic heterocycles. The van der Waals surface area contributed by atoms with Gasteiger partial charge in [0.1, 0.15) is 11.9 Å². The van der Waals surface area contributed by atoms with Gasteiger partial charge in [0.15, 0.2) is 0 Å². The van der Waals surface area contributed by atoms with Gasteiger partial charge in [-0.3, -0.25) is 4.90 Å². The molecule has 18 heavy (non-hydrogen) atoms. The molecule has 0 unspecified atom stereocenters. The molecule has 2 fully saturated rings. The Labute approximate surface area is 108 Å². The molecule has 0 amide bonds. The molecule has 0 aromatic carbocycles. The van der Waals surface area contributed by atoms with Crippen molar-refractivity contribution in [2.75, 3.05) is 31.1 Å². The smallest absolute Gasteiger partial charge is 0.146 e. The quantitative estimate of drug-likeness (QED) is 0.790. The molecule has 4 nitrogen and oxygen atoms in total. The normalized spacial score (nSPS) is 21.4. The van der Waals surface area contributed by atoms with Crippen LogP contribution in [0.3, 0.4) is 0 Å². The van der Waals surface area contributed by atoms with Crippen molar-refractivity contribution in [3.05, 3.63) is 23.9 Å². The van der Waals surface area contributed by atoms with Gasteiger partial charge in [0.25, 0.3) is 0 Å². The van der Waals surface area contributed by atoms with Gasteiger partial charge >= 0.3 is 0 Å². The fourth-order valence-corrected chi connectivity index (χ4v) is 2.79. The lowest BCUT2D eigenvalue weighted by Crippen LogP contribution is -2.52. The van der Waals surface area contributed by atoms with E-state index >= 15 is 0 Å². The van der Waals surface area contributed by atoms with E-state index in [0.29, 0.717) is 5.56 Å². The summed E-state index contributed by atoms with van der Waals surface area (Å²) in [4.78, 5) is 9.20. The van der Waals surface area contributed by atoms with Crippen molar-refractivity contribution in [2.24, 2.45) is 0 Å². The van der Waals surface area contributed by atoms with Crippen LogP contribution in [-0.2, 0) is 0 Å². The molecule has 1 aliphatic heterocycles. The lowest BCUT2D eigenvalue weighted by Gasteiger charge is -2.43. The average Bonchev–Trinajstić information content (AvgIpc) is 2.38. The van der Waals surface area contributed by atoms with Crippen molar-refractivity contribution < 1.29 is 0 Å². The van der Waals surface area contributed by atoms with Crippen LogP contribution in [0.5, 0.6) is 0 Å². The molecular formula is C14H18N4. The van der Waals surface area contributed by atoms with E-state index in [-0.39, 0.29) is 0 Å². The molecule has 1 aromatic rings. The number of rotatable bonds is 2. The van der Waals surface area contributed by atoms with Gasteiger partial charge in [-0.25, -0.2) is 4.98 Å². The van der Waals surface area contributed by atoms with E-state index in [4.69, 9.17) is 5.26 Å². The number of hydrogen-bond acceptors (Lipinski definition) is 4. The Morgan fingerprint density at radius 3 is 2.61 bits per heavy atom. The first-order valence-electron chi connectivity index (χ1n) is 6.72. The summed E-state index contributed by atoms with van der Waals surface area (Å²) in [5.74, 6) is 0.855. The summed E-state index contributed by atoms with van der Waals surface area (Å²) in [5.41, 5.74) is 0.689. The van der Waals surface area contributed by atoms with Crippen LogP contribution in [0, 0.1) is 11.3 Å². The van der Waals surface area contributed by atoms with Gasteiger partial charge in [-0.15, -0.1) is 0 Å². The zero-order chi connectivity index (χ0) is 12.4. The molecule has 1 aliphatic carbocycles. The van der Waals surface area contributed by atoms with Crippen LogP contribution in [0.15, 0.2) is 18.3 Å². The highest BCUT2D eigenvalue weighted by molar-refractivity contribution is 5.53. The van der Waals surface area contributed by atoms with Crippen LogP contribution in [0.2, 0.25) is 0 Å². The topological polar surface area (TPSA) is 43.2 Å². The predicted octanol–water partition coefficient (Wildman–Crippen LogP) is 1.63. The van der Waals surface area contributed by atoms with E-state index in [2.05, 4.69) is 20.9 Å². The fraction of sp³-hybridized carbons (Fsp3) is 0.571. The Morgan fingerprint density at radius 1 is 1.22 bits per heavy atom. The third-order valence-corrected chi connectivity index (χ3v) is 4.11. The summed E-state index contributed by atoms with van der Waals surface area (Å²) in [5, 5.41) is 9.11. The molecule has 4 heteroatoms. The molecule has 2 aliphatic rings. The first-order chi connectivity index (χ1) is 8.88. The second kappa shape index (κ2) is 4.95. The summed E-state index contributed by atoms with van der Waals surface area (Å²) in [6.45, 7) is 4.18. The van der Waals surface area contributed by atoms with Crippen molar-refractivity contribution in [2.45, 2.75) is 25.3 Å². The van der Waals surface area contributed by atoms with E-state index in [1.165, 1.54) is 19.3 Å². The van der Waals surface area contributed by atoms with Gasteiger partial charge < -0.3 is 4.90 Å². The Morgan fingerprint density at radius 2 is 2.00 bits per heavy atom. The predicted molar refractivity (Wildman–Crippen MR) is 70.4 cm³/mol. The number of piperazine rings is 1. The minimum absolute atomic E-state index is 0.689. The third kappa shape index (κ3) is 2.06. The van der Waals surface area contributed by atoms with Crippen molar-refractivity contribution in [3.8, 4) is 6.07 Å². The molecule has 0 spiro atoms. The second-order valence-corrected chi connectivity index (χ2v) is 5.09. The largest absolute Gasteiger partial charge is 0.353 e. The SMILES string of the molecule is N#Cc1cccnc1N1CCN(C2CCC2)CC1. The summed E-state index contributed by atoms with van der Waals surface area (Å²) >= 11 is 0. The third-order valence-electron chi connectivity index (χ3n) is 4.11. The van der Waals surface area contributed by atoms with Gasteiger partial charge in [-0.1, -0.05) is 6.42 Å². The Bertz CT molecular complexity index is 453. The van der Waals surface area contributed by atoms with E-state index in [1.807, 2.05) is 12.1 Å².